The molecule has 0 fully saturated rings. The van der Waals surface area contributed by atoms with Gasteiger partial charge in [0, 0.05) is 11.9 Å². The summed E-state index contributed by atoms with van der Waals surface area (Å²) in [5.74, 6) is 0.860. The van der Waals surface area contributed by atoms with Gasteiger partial charge in [0.25, 0.3) is 0 Å². The van der Waals surface area contributed by atoms with Crippen molar-refractivity contribution >= 4 is 15.9 Å². The molecule has 0 aliphatic heterocycles. The molecule has 0 radical (unpaired) electrons. The Labute approximate surface area is 104 Å². The van der Waals surface area contributed by atoms with E-state index in [1.54, 1.807) is 6.20 Å². The molecule has 0 N–H and O–H groups in total. The predicted octanol–water partition coefficient (Wildman–Crippen LogP) is 3.15. The first-order valence-electron chi connectivity index (χ1n) is 5.45. The van der Waals surface area contributed by atoms with Crippen molar-refractivity contribution in [3.05, 3.63) is 40.3 Å². The van der Waals surface area contributed by atoms with Crippen LogP contribution in [0.4, 0.5) is 0 Å². The highest BCUT2D eigenvalue weighted by Gasteiger charge is 2.10. The molecule has 0 saturated carbocycles. The molecule has 0 spiro atoms. The zero-order valence-corrected chi connectivity index (χ0v) is 11.0. The van der Waals surface area contributed by atoms with Crippen molar-refractivity contribution in [2.75, 3.05) is 0 Å². The first-order chi connectivity index (χ1) is 7.76. The topological polar surface area (TPSA) is 30.7 Å². The van der Waals surface area contributed by atoms with Crippen LogP contribution >= 0.6 is 15.9 Å². The summed E-state index contributed by atoms with van der Waals surface area (Å²) in [6.45, 7) is 4.24. The maximum Gasteiger partial charge on any atom is 0.167 e. The third kappa shape index (κ3) is 2.02. The summed E-state index contributed by atoms with van der Waals surface area (Å²) in [5.41, 5.74) is 2.30. The van der Waals surface area contributed by atoms with Crippen LogP contribution in [0.15, 0.2) is 28.9 Å². The highest BCUT2D eigenvalue weighted by atomic mass is 79.9. The molecule has 0 aliphatic carbocycles. The Bertz CT molecular complexity index is 491. The highest BCUT2D eigenvalue weighted by molar-refractivity contribution is 9.10. The van der Waals surface area contributed by atoms with E-state index in [9.17, 15) is 0 Å². The fraction of sp³-hybridized carbons (Fsp3) is 0.333. The number of aromatic nitrogens is 3. The lowest BCUT2D eigenvalue weighted by Crippen LogP contribution is -2.04. The number of pyridine rings is 1. The highest BCUT2D eigenvalue weighted by Crippen LogP contribution is 2.20. The third-order valence-electron chi connectivity index (χ3n) is 2.50. The molecule has 2 aromatic rings. The van der Waals surface area contributed by atoms with Gasteiger partial charge in [-0.1, -0.05) is 13.8 Å². The fourth-order valence-electron chi connectivity index (χ4n) is 1.62. The summed E-state index contributed by atoms with van der Waals surface area (Å²) in [4.78, 5) is 4.36. The summed E-state index contributed by atoms with van der Waals surface area (Å²) in [6, 6.07) is 6.03. The monoisotopic (exact) mass is 279 g/mol. The van der Waals surface area contributed by atoms with Gasteiger partial charge < -0.3 is 0 Å². The van der Waals surface area contributed by atoms with E-state index < -0.39 is 0 Å². The second-order valence-corrected chi connectivity index (χ2v) is 4.41. The van der Waals surface area contributed by atoms with E-state index >= 15 is 0 Å². The summed E-state index contributed by atoms with van der Waals surface area (Å²) in [5, 5.41) is 4.55. The lowest BCUT2D eigenvalue weighted by atomic mass is 10.2. The Kier molecular flexibility index (Phi) is 3.39. The summed E-state index contributed by atoms with van der Waals surface area (Å²) in [6.07, 6.45) is 3.69. The maximum atomic E-state index is 4.55. The molecule has 0 saturated heterocycles. The van der Waals surface area contributed by atoms with Crippen LogP contribution in [0, 0.1) is 0 Å². The third-order valence-corrected chi connectivity index (χ3v) is 3.12. The van der Waals surface area contributed by atoms with E-state index in [0.29, 0.717) is 0 Å². The summed E-state index contributed by atoms with van der Waals surface area (Å²) in [7, 11) is 0. The normalized spacial score (nSPS) is 10.7. The SMILES string of the molecule is CCc1cc(CC)n(-c2ncccc2Br)n1. The smallest absolute Gasteiger partial charge is 0.167 e. The minimum absolute atomic E-state index is 0.860. The zero-order chi connectivity index (χ0) is 11.5. The van der Waals surface area contributed by atoms with E-state index in [2.05, 4.69) is 45.9 Å². The van der Waals surface area contributed by atoms with Crippen molar-refractivity contribution in [2.45, 2.75) is 26.7 Å². The number of rotatable bonds is 3. The van der Waals surface area contributed by atoms with Crippen molar-refractivity contribution in [1.82, 2.24) is 14.8 Å². The van der Waals surface area contributed by atoms with Crippen LogP contribution in [0.3, 0.4) is 0 Å². The molecule has 0 atom stereocenters. The van der Waals surface area contributed by atoms with Gasteiger partial charge in [-0.3, -0.25) is 0 Å². The number of nitrogens with zero attached hydrogens (tertiary/aromatic N) is 3. The molecule has 0 bridgehead atoms. The van der Waals surface area contributed by atoms with Gasteiger partial charge in [0.2, 0.25) is 0 Å². The minimum atomic E-state index is 0.860. The van der Waals surface area contributed by atoms with Crippen LogP contribution in [-0.4, -0.2) is 14.8 Å². The summed E-state index contributed by atoms with van der Waals surface area (Å²) >= 11 is 3.50. The van der Waals surface area contributed by atoms with Crippen LogP contribution in [0.2, 0.25) is 0 Å². The first-order valence-corrected chi connectivity index (χ1v) is 6.24. The first kappa shape index (κ1) is 11.3. The number of hydrogen-bond acceptors (Lipinski definition) is 2. The lowest BCUT2D eigenvalue weighted by molar-refractivity contribution is 0.769. The number of halogens is 1. The van der Waals surface area contributed by atoms with E-state index in [4.69, 9.17) is 0 Å². The van der Waals surface area contributed by atoms with Crippen LogP contribution < -0.4 is 0 Å². The van der Waals surface area contributed by atoms with Crippen molar-refractivity contribution in [1.29, 1.82) is 0 Å². The van der Waals surface area contributed by atoms with E-state index in [1.807, 2.05) is 16.8 Å². The Balaban J connectivity index is 2.54. The summed E-state index contributed by atoms with van der Waals surface area (Å²) < 4.78 is 2.89. The Morgan fingerprint density at radius 3 is 2.75 bits per heavy atom. The molecule has 84 valence electrons. The van der Waals surface area contributed by atoms with Gasteiger partial charge >= 0.3 is 0 Å². The molecule has 4 heteroatoms. The van der Waals surface area contributed by atoms with Gasteiger partial charge in [-0.15, -0.1) is 0 Å². The largest absolute Gasteiger partial charge is 0.236 e. The molecule has 2 aromatic heterocycles. The average molecular weight is 280 g/mol. The van der Waals surface area contributed by atoms with Crippen LogP contribution in [0.1, 0.15) is 25.2 Å². The van der Waals surface area contributed by atoms with E-state index in [0.717, 1.165) is 28.8 Å². The molecular weight excluding hydrogens is 266 g/mol. The van der Waals surface area contributed by atoms with Crippen molar-refractivity contribution < 1.29 is 0 Å². The zero-order valence-electron chi connectivity index (χ0n) is 9.44. The number of hydrogen-bond donors (Lipinski definition) is 0. The molecular formula is C12H14BrN3. The van der Waals surface area contributed by atoms with E-state index in [-0.39, 0.29) is 0 Å². The molecule has 0 aromatic carbocycles. The van der Waals surface area contributed by atoms with Gasteiger partial charge in [0.05, 0.1) is 10.2 Å². The predicted molar refractivity (Wildman–Crippen MR) is 67.8 cm³/mol. The average Bonchev–Trinajstić information content (AvgIpc) is 2.72. The standard InChI is InChI=1S/C12H14BrN3/c1-3-9-8-10(4-2)16(15-9)12-11(13)6-5-7-14-12/h5-8H,3-4H2,1-2H3. The molecule has 2 heterocycles. The lowest BCUT2D eigenvalue weighted by Gasteiger charge is -2.06. The molecule has 0 amide bonds. The Morgan fingerprint density at radius 2 is 2.12 bits per heavy atom. The van der Waals surface area contributed by atoms with Gasteiger partial charge in [0.1, 0.15) is 0 Å². The van der Waals surface area contributed by atoms with Gasteiger partial charge in [-0.05, 0) is 47.0 Å². The number of aryl methyl sites for hydroxylation is 2. The van der Waals surface area contributed by atoms with Crippen molar-refractivity contribution in [3.63, 3.8) is 0 Å². The molecule has 0 aliphatic rings. The van der Waals surface area contributed by atoms with Crippen LogP contribution in [0.5, 0.6) is 0 Å². The Morgan fingerprint density at radius 1 is 1.31 bits per heavy atom. The molecule has 2 rings (SSSR count). The van der Waals surface area contributed by atoms with Gasteiger partial charge in [0.15, 0.2) is 5.82 Å². The fourth-order valence-corrected chi connectivity index (χ4v) is 2.04. The van der Waals surface area contributed by atoms with Gasteiger partial charge in [-0.25, -0.2) is 9.67 Å². The minimum Gasteiger partial charge on any atom is -0.236 e. The van der Waals surface area contributed by atoms with Gasteiger partial charge in [-0.2, -0.15) is 5.10 Å². The van der Waals surface area contributed by atoms with Crippen molar-refractivity contribution in [3.8, 4) is 5.82 Å². The molecule has 3 nitrogen and oxygen atoms in total. The molecule has 16 heavy (non-hydrogen) atoms. The maximum absolute atomic E-state index is 4.55. The van der Waals surface area contributed by atoms with Crippen LogP contribution in [-0.2, 0) is 12.8 Å². The second kappa shape index (κ2) is 4.78. The quantitative estimate of drug-likeness (QED) is 0.864. The second-order valence-electron chi connectivity index (χ2n) is 3.55. The van der Waals surface area contributed by atoms with Crippen LogP contribution in [0.25, 0.3) is 5.82 Å². The van der Waals surface area contributed by atoms with E-state index in [1.165, 1.54) is 5.69 Å². The molecule has 0 unspecified atom stereocenters. The van der Waals surface area contributed by atoms with Crippen molar-refractivity contribution in [2.24, 2.45) is 0 Å². The Hall–Kier alpha value is -1.16.